The van der Waals surface area contributed by atoms with Gasteiger partial charge in [0.25, 0.3) is 0 Å². The smallest absolute Gasteiger partial charge is 0.230 e. The maximum atomic E-state index is 13.1. The Bertz CT molecular complexity index is 879. The molecule has 8 heteroatoms. The van der Waals surface area contributed by atoms with E-state index >= 15 is 0 Å². The lowest BCUT2D eigenvalue weighted by Gasteiger charge is -2.03. The number of nitrogens with one attached hydrogen (secondary N) is 1. The summed E-state index contributed by atoms with van der Waals surface area (Å²) in [6.45, 7) is 3.99. The largest absolute Gasteiger partial charge is 0.352 e. The maximum Gasteiger partial charge on any atom is 0.230 e. The minimum absolute atomic E-state index is 0.0880. The third-order valence-corrected chi connectivity index (χ3v) is 5.09. The molecule has 0 bridgehead atoms. The van der Waals surface area contributed by atoms with Crippen molar-refractivity contribution in [2.75, 3.05) is 12.3 Å². The Labute approximate surface area is 146 Å². The fraction of sp³-hybridized carbons (Fsp3) is 0.125. The van der Waals surface area contributed by atoms with E-state index in [1.807, 2.05) is 0 Å². The van der Waals surface area contributed by atoms with Crippen LogP contribution in [0.2, 0.25) is 0 Å². The normalized spacial score (nSPS) is 10.7. The first-order valence-corrected chi connectivity index (χ1v) is 8.81. The number of halogens is 1. The molecule has 0 aliphatic carbocycles. The summed E-state index contributed by atoms with van der Waals surface area (Å²) >= 11 is 2.60. The fourth-order valence-electron chi connectivity index (χ4n) is 2.01. The molecule has 24 heavy (non-hydrogen) atoms. The Morgan fingerprint density at radius 3 is 2.88 bits per heavy atom. The predicted molar refractivity (Wildman–Crippen MR) is 94.5 cm³/mol. The number of nitrogens with zero attached hydrogens (tertiary/aromatic N) is 3. The summed E-state index contributed by atoms with van der Waals surface area (Å²) < 4.78 is 18.3. The first-order chi connectivity index (χ1) is 11.7. The topological polar surface area (TPSA) is 67.8 Å². The number of thioether (sulfide) groups is 1. The van der Waals surface area contributed by atoms with E-state index in [2.05, 4.69) is 26.2 Å². The van der Waals surface area contributed by atoms with Crippen LogP contribution in [0.3, 0.4) is 0 Å². The zero-order valence-corrected chi connectivity index (χ0v) is 14.2. The number of aromatic nitrogens is 3. The Hall–Kier alpha value is -2.32. The van der Waals surface area contributed by atoms with Crippen LogP contribution in [0.4, 0.5) is 4.39 Å². The van der Waals surface area contributed by atoms with Gasteiger partial charge in [-0.3, -0.25) is 4.79 Å². The van der Waals surface area contributed by atoms with Crippen molar-refractivity contribution in [3.8, 4) is 11.3 Å². The number of rotatable bonds is 6. The van der Waals surface area contributed by atoms with Crippen molar-refractivity contribution in [1.82, 2.24) is 19.7 Å². The zero-order valence-electron chi connectivity index (χ0n) is 12.5. The Balaban J connectivity index is 1.85. The minimum Gasteiger partial charge on any atom is -0.352 e. The molecule has 0 radical (unpaired) electrons. The van der Waals surface area contributed by atoms with E-state index in [1.54, 1.807) is 18.2 Å². The molecule has 0 unspecified atom stereocenters. The van der Waals surface area contributed by atoms with Crippen LogP contribution in [0, 0.1) is 5.82 Å². The number of benzene rings is 1. The molecule has 0 spiro atoms. The molecule has 0 fully saturated rings. The standard InChI is InChI=1S/C16H13FN4OS2/c1-2-7-18-12(22)8-23-16-15-14(19-9-20-16)13(21-24-15)10-3-5-11(17)6-4-10/h2-6,9H,1,7-8H2,(H,18,22). The summed E-state index contributed by atoms with van der Waals surface area (Å²) in [4.78, 5) is 20.2. The molecular weight excluding hydrogens is 347 g/mol. The molecule has 122 valence electrons. The van der Waals surface area contributed by atoms with Crippen LogP contribution in [0.1, 0.15) is 0 Å². The highest BCUT2D eigenvalue weighted by molar-refractivity contribution is 8.00. The summed E-state index contributed by atoms with van der Waals surface area (Å²) in [6, 6.07) is 6.12. The molecule has 0 atom stereocenters. The molecular formula is C16H13FN4OS2. The van der Waals surface area contributed by atoms with Gasteiger partial charge in [0.1, 0.15) is 33.1 Å². The van der Waals surface area contributed by atoms with Gasteiger partial charge in [-0.05, 0) is 35.8 Å². The number of amides is 1. The second-order valence-electron chi connectivity index (χ2n) is 4.78. The Kier molecular flexibility index (Phi) is 5.17. The third kappa shape index (κ3) is 3.60. The second kappa shape index (κ2) is 7.50. The van der Waals surface area contributed by atoms with Gasteiger partial charge in [0, 0.05) is 12.1 Å². The van der Waals surface area contributed by atoms with Crippen LogP contribution in [0.5, 0.6) is 0 Å². The van der Waals surface area contributed by atoms with E-state index in [4.69, 9.17) is 0 Å². The monoisotopic (exact) mass is 360 g/mol. The van der Waals surface area contributed by atoms with Gasteiger partial charge in [0.15, 0.2) is 0 Å². The number of carbonyl (C=O) groups is 1. The Morgan fingerprint density at radius 2 is 2.12 bits per heavy atom. The zero-order chi connectivity index (χ0) is 16.9. The van der Waals surface area contributed by atoms with Gasteiger partial charge in [-0.2, -0.15) is 4.37 Å². The molecule has 1 aromatic carbocycles. The summed E-state index contributed by atoms with van der Waals surface area (Å²) in [5.74, 6) is -0.131. The highest BCUT2D eigenvalue weighted by Crippen LogP contribution is 2.34. The average Bonchev–Trinajstić information content (AvgIpc) is 3.03. The van der Waals surface area contributed by atoms with Crippen molar-refractivity contribution in [2.24, 2.45) is 0 Å². The average molecular weight is 360 g/mol. The van der Waals surface area contributed by atoms with Gasteiger partial charge in [-0.1, -0.05) is 17.8 Å². The highest BCUT2D eigenvalue weighted by atomic mass is 32.2. The number of fused-ring (bicyclic) bond motifs is 1. The number of hydrogen-bond acceptors (Lipinski definition) is 6. The lowest BCUT2D eigenvalue weighted by molar-refractivity contribution is -0.118. The molecule has 1 N–H and O–H groups in total. The first-order valence-electron chi connectivity index (χ1n) is 7.05. The van der Waals surface area contributed by atoms with Crippen LogP contribution in [0.25, 0.3) is 21.5 Å². The lowest BCUT2D eigenvalue weighted by Crippen LogP contribution is -2.24. The summed E-state index contributed by atoms with van der Waals surface area (Å²) in [7, 11) is 0. The predicted octanol–water partition coefficient (Wildman–Crippen LogP) is 3.29. The van der Waals surface area contributed by atoms with Crippen LogP contribution in [0.15, 0.2) is 48.3 Å². The van der Waals surface area contributed by atoms with Gasteiger partial charge in [-0.15, -0.1) is 6.58 Å². The van der Waals surface area contributed by atoms with Crippen molar-refractivity contribution < 1.29 is 9.18 Å². The second-order valence-corrected chi connectivity index (χ2v) is 6.51. The van der Waals surface area contributed by atoms with Crippen LogP contribution < -0.4 is 5.32 Å². The van der Waals surface area contributed by atoms with Gasteiger partial charge < -0.3 is 5.32 Å². The maximum absolute atomic E-state index is 13.1. The van der Waals surface area contributed by atoms with Crippen molar-refractivity contribution in [2.45, 2.75) is 5.03 Å². The van der Waals surface area contributed by atoms with E-state index in [0.717, 1.165) is 10.3 Å². The van der Waals surface area contributed by atoms with Crippen molar-refractivity contribution in [1.29, 1.82) is 0 Å². The molecule has 2 heterocycles. The minimum atomic E-state index is -0.297. The fourth-order valence-corrected chi connectivity index (χ4v) is 3.76. The van der Waals surface area contributed by atoms with E-state index in [9.17, 15) is 9.18 Å². The lowest BCUT2D eigenvalue weighted by atomic mass is 10.1. The Morgan fingerprint density at radius 1 is 1.33 bits per heavy atom. The number of hydrogen-bond donors (Lipinski definition) is 1. The van der Waals surface area contributed by atoms with Crippen LogP contribution in [-0.2, 0) is 4.79 Å². The SMILES string of the molecule is C=CCNC(=O)CSc1ncnc2c(-c3ccc(F)cc3)nsc12. The van der Waals surface area contributed by atoms with Crippen LogP contribution >= 0.6 is 23.3 Å². The molecule has 3 rings (SSSR count). The van der Waals surface area contributed by atoms with Crippen LogP contribution in [-0.4, -0.2) is 32.5 Å². The summed E-state index contributed by atoms with van der Waals surface area (Å²) in [5, 5.41) is 3.43. The molecule has 0 saturated carbocycles. The molecule has 0 saturated heterocycles. The molecule has 3 aromatic rings. The van der Waals surface area contributed by atoms with E-state index < -0.39 is 0 Å². The third-order valence-electron chi connectivity index (χ3n) is 3.12. The summed E-state index contributed by atoms with van der Waals surface area (Å²) in [5.41, 5.74) is 2.19. The van der Waals surface area contributed by atoms with E-state index in [-0.39, 0.29) is 17.5 Å². The number of carbonyl (C=O) groups excluding carboxylic acids is 1. The molecule has 0 aliphatic heterocycles. The quantitative estimate of drug-likeness (QED) is 0.415. The van der Waals surface area contributed by atoms with Crippen molar-refractivity contribution >= 4 is 39.4 Å². The van der Waals surface area contributed by atoms with Gasteiger partial charge >= 0.3 is 0 Å². The van der Waals surface area contributed by atoms with Gasteiger partial charge in [0.05, 0.1) is 5.75 Å². The molecule has 0 aliphatic rings. The summed E-state index contributed by atoms with van der Waals surface area (Å²) in [6.07, 6.45) is 3.08. The van der Waals surface area contributed by atoms with Crippen molar-refractivity contribution in [3.05, 3.63) is 49.1 Å². The molecule has 1 amide bonds. The van der Waals surface area contributed by atoms with E-state index in [1.165, 1.54) is 41.8 Å². The van der Waals surface area contributed by atoms with Gasteiger partial charge in [-0.25, -0.2) is 14.4 Å². The molecule has 5 nitrogen and oxygen atoms in total. The van der Waals surface area contributed by atoms with Crippen molar-refractivity contribution in [3.63, 3.8) is 0 Å². The van der Waals surface area contributed by atoms with Gasteiger partial charge in [0.2, 0.25) is 5.91 Å². The van der Waals surface area contributed by atoms with E-state index in [0.29, 0.717) is 22.8 Å². The highest BCUT2D eigenvalue weighted by Gasteiger charge is 2.15. The first kappa shape index (κ1) is 16.5. The molecule has 2 aromatic heterocycles.